The molecule has 0 radical (unpaired) electrons. The lowest BCUT2D eigenvalue weighted by molar-refractivity contribution is 0.444. The van der Waals surface area contributed by atoms with Crippen molar-refractivity contribution in [2.24, 2.45) is 0 Å². The first-order chi connectivity index (χ1) is 6.79. The molecule has 1 aromatic rings. The van der Waals surface area contributed by atoms with E-state index < -0.39 is 0 Å². The summed E-state index contributed by atoms with van der Waals surface area (Å²) in [6.07, 6.45) is 6.55. The Morgan fingerprint density at radius 2 is 1.71 bits per heavy atom. The monoisotopic (exact) mass is 228 g/mol. The average molecular weight is 229 g/mol. The summed E-state index contributed by atoms with van der Waals surface area (Å²) in [6.45, 7) is 0. The zero-order valence-electron chi connectivity index (χ0n) is 8.10. The summed E-state index contributed by atoms with van der Waals surface area (Å²) >= 11 is 12.2. The summed E-state index contributed by atoms with van der Waals surface area (Å²) in [5.41, 5.74) is 1.25. The maximum atomic E-state index is 6.19. The van der Waals surface area contributed by atoms with E-state index >= 15 is 0 Å². The van der Waals surface area contributed by atoms with E-state index in [-0.39, 0.29) is 0 Å². The van der Waals surface area contributed by atoms with Gasteiger partial charge in [0.2, 0.25) is 0 Å². The molecule has 1 aromatic carbocycles. The van der Waals surface area contributed by atoms with Crippen molar-refractivity contribution in [2.75, 3.05) is 0 Å². The van der Waals surface area contributed by atoms with Gasteiger partial charge in [0.1, 0.15) is 0 Å². The first-order valence-electron chi connectivity index (χ1n) is 5.23. The molecule has 1 fully saturated rings. The van der Waals surface area contributed by atoms with Crippen molar-refractivity contribution < 1.29 is 0 Å². The highest BCUT2D eigenvalue weighted by molar-refractivity contribution is 6.42. The molecule has 76 valence electrons. The highest BCUT2D eigenvalue weighted by atomic mass is 35.5. The highest BCUT2D eigenvalue weighted by Crippen LogP contribution is 2.38. The van der Waals surface area contributed by atoms with Crippen LogP contribution in [0.2, 0.25) is 10.0 Å². The minimum absolute atomic E-state index is 0.634. The second-order valence-electron chi connectivity index (χ2n) is 3.98. The van der Waals surface area contributed by atoms with Crippen LogP contribution in [-0.4, -0.2) is 0 Å². The van der Waals surface area contributed by atoms with Gasteiger partial charge in [-0.15, -0.1) is 0 Å². The van der Waals surface area contributed by atoms with Crippen molar-refractivity contribution in [3.63, 3.8) is 0 Å². The molecule has 2 heteroatoms. The SMILES string of the molecule is Clc1cccc(C2CCCCC2)c1Cl. The van der Waals surface area contributed by atoms with Gasteiger partial charge in [-0.2, -0.15) is 0 Å². The maximum Gasteiger partial charge on any atom is 0.0627 e. The fraction of sp³-hybridized carbons (Fsp3) is 0.500. The van der Waals surface area contributed by atoms with E-state index in [0.717, 1.165) is 5.02 Å². The van der Waals surface area contributed by atoms with Crippen LogP contribution in [0.15, 0.2) is 18.2 Å². The zero-order valence-corrected chi connectivity index (χ0v) is 9.61. The molecule has 0 N–H and O–H groups in total. The third-order valence-electron chi connectivity index (χ3n) is 3.03. The molecule has 0 bridgehead atoms. The Morgan fingerprint density at radius 1 is 1.00 bits per heavy atom. The fourth-order valence-electron chi connectivity index (χ4n) is 2.25. The van der Waals surface area contributed by atoms with Crippen LogP contribution in [0.4, 0.5) is 0 Å². The van der Waals surface area contributed by atoms with Crippen LogP contribution in [0.3, 0.4) is 0 Å². The van der Waals surface area contributed by atoms with E-state index in [1.54, 1.807) is 0 Å². The van der Waals surface area contributed by atoms with E-state index in [9.17, 15) is 0 Å². The molecule has 0 aromatic heterocycles. The quantitative estimate of drug-likeness (QED) is 0.632. The fourth-order valence-corrected chi connectivity index (χ4v) is 2.71. The van der Waals surface area contributed by atoms with E-state index in [1.165, 1.54) is 37.7 Å². The van der Waals surface area contributed by atoms with Gasteiger partial charge in [0.05, 0.1) is 10.0 Å². The Balaban J connectivity index is 2.26. The number of benzene rings is 1. The van der Waals surface area contributed by atoms with E-state index in [2.05, 4.69) is 6.07 Å². The smallest absolute Gasteiger partial charge is 0.0627 e. The van der Waals surface area contributed by atoms with E-state index in [0.29, 0.717) is 10.9 Å². The molecule has 14 heavy (non-hydrogen) atoms. The van der Waals surface area contributed by atoms with Crippen LogP contribution >= 0.6 is 23.2 Å². The standard InChI is InChI=1S/C12H14Cl2/c13-11-8-4-7-10(12(11)14)9-5-2-1-3-6-9/h4,7-9H,1-3,5-6H2. The Bertz CT molecular complexity index is 314. The summed E-state index contributed by atoms with van der Waals surface area (Å²) in [5, 5.41) is 1.45. The zero-order chi connectivity index (χ0) is 9.97. The largest absolute Gasteiger partial charge is 0.0827 e. The second kappa shape index (κ2) is 4.55. The van der Waals surface area contributed by atoms with Gasteiger partial charge >= 0.3 is 0 Å². The highest BCUT2D eigenvalue weighted by Gasteiger charge is 2.18. The Labute approximate surface area is 95.2 Å². The van der Waals surface area contributed by atoms with Gasteiger partial charge in [-0.05, 0) is 30.4 Å². The second-order valence-corrected chi connectivity index (χ2v) is 4.76. The van der Waals surface area contributed by atoms with Crippen LogP contribution in [-0.2, 0) is 0 Å². The van der Waals surface area contributed by atoms with Crippen molar-refractivity contribution >= 4 is 23.2 Å². The van der Waals surface area contributed by atoms with E-state index in [1.807, 2.05) is 12.1 Å². The average Bonchev–Trinajstić information content (AvgIpc) is 2.23. The van der Waals surface area contributed by atoms with Gasteiger partial charge in [0.25, 0.3) is 0 Å². The number of halogens is 2. The molecule has 0 unspecified atom stereocenters. The molecule has 0 aliphatic heterocycles. The van der Waals surface area contributed by atoms with Crippen LogP contribution in [0.1, 0.15) is 43.6 Å². The predicted octanol–water partition coefficient (Wildman–Crippen LogP) is 5.04. The van der Waals surface area contributed by atoms with Crippen molar-refractivity contribution in [1.82, 2.24) is 0 Å². The van der Waals surface area contributed by atoms with Crippen molar-refractivity contribution in [1.29, 1.82) is 0 Å². The van der Waals surface area contributed by atoms with Crippen LogP contribution < -0.4 is 0 Å². The van der Waals surface area contributed by atoms with Gasteiger partial charge in [-0.25, -0.2) is 0 Å². The van der Waals surface area contributed by atoms with Crippen LogP contribution in [0, 0.1) is 0 Å². The number of rotatable bonds is 1. The van der Waals surface area contributed by atoms with Crippen molar-refractivity contribution in [3.05, 3.63) is 33.8 Å². The third kappa shape index (κ3) is 2.07. The first kappa shape index (κ1) is 10.3. The minimum atomic E-state index is 0.634. The van der Waals surface area contributed by atoms with Crippen LogP contribution in [0.5, 0.6) is 0 Å². The normalized spacial score (nSPS) is 18.4. The summed E-state index contributed by atoms with van der Waals surface area (Å²) in [6, 6.07) is 5.97. The van der Waals surface area contributed by atoms with Crippen LogP contribution in [0.25, 0.3) is 0 Å². The molecule has 0 saturated heterocycles. The lowest BCUT2D eigenvalue weighted by atomic mass is 9.84. The Hall–Kier alpha value is -0.200. The molecule has 0 nitrogen and oxygen atoms in total. The maximum absolute atomic E-state index is 6.19. The number of hydrogen-bond acceptors (Lipinski definition) is 0. The summed E-state index contributed by atoms with van der Waals surface area (Å²) in [7, 11) is 0. The predicted molar refractivity (Wildman–Crippen MR) is 62.3 cm³/mol. The molecule has 0 amide bonds. The molecular formula is C12H14Cl2. The molecule has 1 saturated carbocycles. The third-order valence-corrected chi connectivity index (χ3v) is 3.86. The topological polar surface area (TPSA) is 0 Å². The minimum Gasteiger partial charge on any atom is -0.0827 e. The summed E-state index contributed by atoms with van der Waals surface area (Å²) in [5.74, 6) is 0.634. The first-order valence-corrected chi connectivity index (χ1v) is 5.98. The van der Waals surface area contributed by atoms with Crippen molar-refractivity contribution in [2.45, 2.75) is 38.0 Å². The molecule has 1 aliphatic carbocycles. The summed E-state index contributed by atoms with van der Waals surface area (Å²) < 4.78 is 0. The Morgan fingerprint density at radius 3 is 2.43 bits per heavy atom. The molecule has 0 spiro atoms. The Kier molecular flexibility index (Phi) is 3.35. The van der Waals surface area contributed by atoms with Crippen molar-refractivity contribution in [3.8, 4) is 0 Å². The summed E-state index contributed by atoms with van der Waals surface area (Å²) in [4.78, 5) is 0. The van der Waals surface area contributed by atoms with Gasteiger partial charge in [0.15, 0.2) is 0 Å². The lowest BCUT2D eigenvalue weighted by Crippen LogP contribution is -2.04. The van der Waals surface area contributed by atoms with Gasteiger partial charge in [0, 0.05) is 0 Å². The molecule has 0 heterocycles. The molecule has 0 atom stereocenters. The van der Waals surface area contributed by atoms with E-state index in [4.69, 9.17) is 23.2 Å². The lowest BCUT2D eigenvalue weighted by Gasteiger charge is -2.23. The van der Waals surface area contributed by atoms with Gasteiger partial charge < -0.3 is 0 Å². The number of hydrogen-bond donors (Lipinski definition) is 0. The van der Waals surface area contributed by atoms with Gasteiger partial charge in [-0.1, -0.05) is 54.6 Å². The molecule has 2 rings (SSSR count). The van der Waals surface area contributed by atoms with Gasteiger partial charge in [-0.3, -0.25) is 0 Å². The molecule has 1 aliphatic rings. The molecular weight excluding hydrogens is 215 g/mol.